The number of hydrogen-bond donors (Lipinski definition) is 0. The van der Waals surface area contributed by atoms with Crippen LogP contribution in [0.1, 0.15) is 0 Å². The Balaban J connectivity index is 1.97. The van der Waals surface area contributed by atoms with Crippen LogP contribution in [0.5, 0.6) is 0 Å². The van der Waals surface area contributed by atoms with Gasteiger partial charge in [0.25, 0.3) is 0 Å². The molecule has 0 aliphatic carbocycles. The van der Waals surface area contributed by atoms with E-state index >= 15 is 0 Å². The van der Waals surface area contributed by atoms with Crippen molar-refractivity contribution in [1.82, 2.24) is 0 Å². The summed E-state index contributed by atoms with van der Waals surface area (Å²) in [5, 5.41) is 44.6. The van der Waals surface area contributed by atoms with E-state index in [9.17, 15) is 29.8 Å². The van der Waals surface area contributed by atoms with E-state index in [1.54, 1.807) is 0 Å². The second kappa shape index (κ2) is 6.06. The third-order valence-corrected chi connectivity index (χ3v) is 5.21. The van der Waals surface area contributed by atoms with Gasteiger partial charge in [-0.1, -0.05) is 0 Å². The van der Waals surface area contributed by atoms with Gasteiger partial charge >= 0.3 is 135 Å². The Morgan fingerprint density at radius 1 is 0.783 bits per heavy atom. The molecule has 19 heteroatoms. The summed E-state index contributed by atoms with van der Waals surface area (Å²) >= 11 is -3.42. The standard InChI is InChI=1S/2C2HN5O4.Hg/c2*8-1(9)2(7(10)11)3-5-6-4-2;/h2*(H,8,9);/q;;+2/p-2. The number of carbonyl (C=O) groups is 2. The van der Waals surface area contributed by atoms with E-state index < -0.39 is 58.8 Å². The van der Waals surface area contributed by atoms with Gasteiger partial charge in [0.05, 0.1) is 0 Å². The SMILES string of the molecule is O=C([O][Hg][O]C(=O)C1([N+](=O)[O-])N=NN=N1)C1([N+](=O)[O-])N=NN=N1. The summed E-state index contributed by atoms with van der Waals surface area (Å²) in [5.74, 6) is -8.99. The Morgan fingerprint density at radius 3 is 1.35 bits per heavy atom. The van der Waals surface area contributed by atoms with Crippen molar-refractivity contribution < 1.29 is 50.2 Å². The first-order chi connectivity index (χ1) is 10.8. The fourth-order valence-corrected chi connectivity index (χ4v) is 3.72. The molecule has 2 heterocycles. The minimum absolute atomic E-state index is 1.22. The van der Waals surface area contributed by atoms with Gasteiger partial charge in [-0.05, 0) is 0 Å². The van der Waals surface area contributed by atoms with Crippen molar-refractivity contribution in [3.63, 3.8) is 0 Å². The van der Waals surface area contributed by atoms with Crippen LogP contribution >= 0.6 is 0 Å². The first-order valence-corrected chi connectivity index (χ1v) is 9.65. The van der Waals surface area contributed by atoms with Gasteiger partial charge in [0, 0.05) is 0 Å². The quantitative estimate of drug-likeness (QED) is 0.253. The molecule has 2 aliphatic heterocycles. The summed E-state index contributed by atoms with van der Waals surface area (Å²) in [4.78, 5) is 42.3. The van der Waals surface area contributed by atoms with Crippen LogP contribution in [0, 0.1) is 20.2 Å². The van der Waals surface area contributed by atoms with E-state index in [1.807, 2.05) is 0 Å². The van der Waals surface area contributed by atoms with Crippen molar-refractivity contribution in [2.45, 2.75) is 11.6 Å². The van der Waals surface area contributed by atoms with Gasteiger partial charge in [0.2, 0.25) is 0 Å². The van der Waals surface area contributed by atoms with E-state index in [-0.39, 0.29) is 0 Å². The van der Waals surface area contributed by atoms with Crippen LogP contribution in [-0.4, -0.2) is 33.4 Å². The molecule has 2 aliphatic rings. The van der Waals surface area contributed by atoms with Crippen LogP contribution in [0.25, 0.3) is 0 Å². The Bertz CT molecular complexity index is 615. The number of nitrogens with zero attached hydrogens (tertiary/aromatic N) is 10. The molecule has 116 valence electrons. The molecule has 0 aromatic rings. The normalized spacial score (nSPS) is 18.4. The summed E-state index contributed by atoms with van der Waals surface area (Å²) in [6.45, 7) is 0. The van der Waals surface area contributed by atoms with Gasteiger partial charge in [-0.15, -0.1) is 0 Å². The second-order valence-corrected chi connectivity index (χ2v) is 6.68. The third kappa shape index (κ3) is 2.74. The van der Waals surface area contributed by atoms with Crippen molar-refractivity contribution >= 4 is 11.9 Å². The summed E-state index contributed by atoms with van der Waals surface area (Å²) in [5.41, 5.74) is 0. The summed E-state index contributed by atoms with van der Waals surface area (Å²) in [7, 11) is 0. The van der Waals surface area contributed by atoms with Gasteiger partial charge in [0.15, 0.2) is 0 Å². The van der Waals surface area contributed by atoms with Crippen LogP contribution in [0.3, 0.4) is 0 Å². The van der Waals surface area contributed by atoms with Crippen molar-refractivity contribution in [3.05, 3.63) is 20.2 Å². The number of rotatable bonds is 6. The Kier molecular flexibility index (Phi) is 4.33. The monoisotopic (exact) mass is 518 g/mol. The molecule has 0 aromatic heterocycles. The van der Waals surface area contributed by atoms with E-state index in [4.69, 9.17) is 0 Å². The van der Waals surface area contributed by atoms with Crippen molar-refractivity contribution in [2.75, 3.05) is 0 Å². The first-order valence-electron chi connectivity index (χ1n) is 5.17. The van der Waals surface area contributed by atoms with Gasteiger partial charge in [-0.2, -0.15) is 0 Å². The number of carbonyl (C=O) groups excluding carboxylic acids is 2. The first kappa shape index (κ1) is 16.4. The Hall–Kier alpha value is -2.92. The maximum absolute atomic E-state index is 11.6. The molecule has 0 fully saturated rings. The van der Waals surface area contributed by atoms with Gasteiger partial charge < -0.3 is 0 Å². The zero-order chi connectivity index (χ0) is 17.1. The van der Waals surface area contributed by atoms with Gasteiger partial charge in [-0.3, -0.25) is 0 Å². The zero-order valence-corrected chi connectivity index (χ0v) is 15.9. The fourth-order valence-electron chi connectivity index (χ4n) is 1.16. The van der Waals surface area contributed by atoms with E-state index in [0.717, 1.165) is 0 Å². The van der Waals surface area contributed by atoms with E-state index in [1.165, 1.54) is 0 Å². The molecule has 2 rings (SSSR count). The number of nitro groups is 2. The molecule has 0 spiro atoms. The van der Waals surface area contributed by atoms with Crippen LogP contribution in [-0.2, 0) is 40.4 Å². The average Bonchev–Trinajstić information content (AvgIpc) is 3.17. The topological polar surface area (TPSA) is 238 Å². The van der Waals surface area contributed by atoms with Gasteiger partial charge in [-0.25, -0.2) is 0 Å². The summed E-state index contributed by atoms with van der Waals surface area (Å²) in [6, 6.07) is 0. The van der Waals surface area contributed by atoms with Crippen LogP contribution in [0.4, 0.5) is 0 Å². The molecule has 0 bridgehead atoms. The Morgan fingerprint density at radius 2 is 1.09 bits per heavy atom. The fraction of sp³-hybridized carbons (Fsp3) is 0.500. The molecule has 0 radical (unpaired) electrons. The van der Waals surface area contributed by atoms with Crippen molar-refractivity contribution in [1.29, 1.82) is 0 Å². The molecular formula is C4HgN10O8. The second-order valence-electron chi connectivity index (χ2n) is 3.52. The average molecular weight is 517 g/mol. The van der Waals surface area contributed by atoms with Crippen molar-refractivity contribution in [3.8, 4) is 0 Å². The van der Waals surface area contributed by atoms with Gasteiger partial charge in [0.1, 0.15) is 0 Å². The van der Waals surface area contributed by atoms with Crippen LogP contribution in [0.2, 0.25) is 0 Å². The molecule has 0 atom stereocenters. The molecule has 0 unspecified atom stereocenters. The molecule has 0 aromatic carbocycles. The predicted octanol–water partition coefficient (Wildman–Crippen LogP) is -0.488. The molecule has 0 saturated carbocycles. The predicted molar refractivity (Wildman–Crippen MR) is 51.1 cm³/mol. The Labute approximate surface area is 135 Å². The van der Waals surface area contributed by atoms with E-state index in [2.05, 4.69) is 46.6 Å². The maximum atomic E-state index is 11.6. The molecular weight excluding hydrogens is 517 g/mol. The molecule has 0 saturated heterocycles. The summed E-state index contributed by atoms with van der Waals surface area (Å²) in [6.07, 6.45) is 0. The molecule has 18 nitrogen and oxygen atoms in total. The van der Waals surface area contributed by atoms with Crippen LogP contribution < -0.4 is 0 Å². The van der Waals surface area contributed by atoms with Crippen LogP contribution in [0.15, 0.2) is 41.4 Å². The van der Waals surface area contributed by atoms with E-state index in [0.29, 0.717) is 0 Å². The summed E-state index contributed by atoms with van der Waals surface area (Å²) < 4.78 is 8.94. The molecule has 0 amide bonds. The zero-order valence-electron chi connectivity index (χ0n) is 10.4. The minimum atomic E-state index is -3.42. The molecule has 23 heavy (non-hydrogen) atoms. The number of hydrogen-bond acceptors (Lipinski definition) is 16. The van der Waals surface area contributed by atoms with Crippen molar-refractivity contribution in [2.24, 2.45) is 41.4 Å². The third-order valence-electron chi connectivity index (χ3n) is 2.25. The molecule has 0 N–H and O–H groups in total.